The van der Waals surface area contributed by atoms with E-state index in [-0.39, 0.29) is 6.04 Å². The van der Waals surface area contributed by atoms with Crippen LogP contribution in [-0.2, 0) is 6.42 Å². The van der Waals surface area contributed by atoms with Gasteiger partial charge in [0.1, 0.15) is 5.75 Å². The molecule has 0 aliphatic heterocycles. The van der Waals surface area contributed by atoms with Crippen LogP contribution in [0.3, 0.4) is 0 Å². The summed E-state index contributed by atoms with van der Waals surface area (Å²) in [7, 11) is 1.69. The summed E-state index contributed by atoms with van der Waals surface area (Å²) in [5.41, 5.74) is 1.12. The standard InChI is InChI=1S/C15H17BrClNOS/c1-3-18-13(15-8-11(16)9-20-15)7-10-6-12(17)4-5-14(10)19-2/h4-6,8-9,13,18H,3,7H2,1-2H3. The minimum absolute atomic E-state index is 0.267. The second-order valence-electron chi connectivity index (χ2n) is 4.44. The van der Waals surface area contributed by atoms with Gasteiger partial charge in [-0.3, -0.25) is 0 Å². The van der Waals surface area contributed by atoms with Crippen molar-refractivity contribution in [1.29, 1.82) is 0 Å². The molecular weight excluding hydrogens is 358 g/mol. The highest BCUT2D eigenvalue weighted by Gasteiger charge is 2.16. The smallest absolute Gasteiger partial charge is 0.122 e. The second kappa shape index (κ2) is 7.46. The third kappa shape index (κ3) is 3.98. The molecule has 5 heteroatoms. The molecule has 0 spiro atoms. The summed E-state index contributed by atoms with van der Waals surface area (Å²) < 4.78 is 6.55. The van der Waals surface area contributed by atoms with E-state index in [0.29, 0.717) is 0 Å². The molecule has 2 rings (SSSR count). The number of benzene rings is 1. The zero-order valence-electron chi connectivity index (χ0n) is 11.5. The first-order chi connectivity index (χ1) is 9.63. The van der Waals surface area contributed by atoms with Gasteiger partial charge in [0.25, 0.3) is 0 Å². The molecular formula is C15H17BrClNOS. The van der Waals surface area contributed by atoms with Crippen LogP contribution in [0.1, 0.15) is 23.4 Å². The maximum Gasteiger partial charge on any atom is 0.122 e. The maximum absolute atomic E-state index is 6.10. The van der Waals surface area contributed by atoms with Crippen molar-refractivity contribution in [1.82, 2.24) is 5.32 Å². The van der Waals surface area contributed by atoms with Crippen molar-refractivity contribution >= 4 is 38.9 Å². The second-order valence-corrected chi connectivity index (χ2v) is 6.73. The third-order valence-corrected chi connectivity index (χ3v) is 5.09. The van der Waals surface area contributed by atoms with Crippen LogP contribution in [0, 0.1) is 0 Å². The highest BCUT2D eigenvalue weighted by Crippen LogP contribution is 2.31. The number of hydrogen-bond donors (Lipinski definition) is 1. The molecule has 0 amide bonds. The fraction of sp³-hybridized carbons (Fsp3) is 0.333. The first kappa shape index (κ1) is 15.8. The Morgan fingerprint density at radius 3 is 2.80 bits per heavy atom. The van der Waals surface area contributed by atoms with Crippen molar-refractivity contribution in [3.8, 4) is 5.75 Å². The van der Waals surface area contributed by atoms with E-state index in [2.05, 4.69) is 39.6 Å². The Morgan fingerprint density at radius 1 is 1.40 bits per heavy atom. The predicted octanol–water partition coefficient (Wildman–Crippen LogP) is 5.07. The fourth-order valence-corrected chi connectivity index (χ4v) is 3.87. The summed E-state index contributed by atoms with van der Waals surface area (Å²) in [5.74, 6) is 0.882. The van der Waals surface area contributed by atoms with Crippen LogP contribution in [0.25, 0.3) is 0 Å². The van der Waals surface area contributed by atoms with Gasteiger partial charge in [-0.05, 0) is 58.7 Å². The summed E-state index contributed by atoms with van der Waals surface area (Å²) in [6.07, 6.45) is 0.852. The summed E-state index contributed by atoms with van der Waals surface area (Å²) in [6, 6.07) is 8.19. The van der Waals surface area contributed by atoms with Crippen LogP contribution in [0.2, 0.25) is 5.02 Å². The molecule has 0 aliphatic rings. The number of halogens is 2. The molecule has 1 heterocycles. The molecule has 0 bridgehead atoms. The van der Waals surface area contributed by atoms with Crippen LogP contribution in [0.4, 0.5) is 0 Å². The Bertz CT molecular complexity index is 573. The van der Waals surface area contributed by atoms with E-state index in [9.17, 15) is 0 Å². The predicted molar refractivity (Wildman–Crippen MR) is 90.1 cm³/mol. The Balaban J connectivity index is 2.26. The summed E-state index contributed by atoms with van der Waals surface area (Å²) in [4.78, 5) is 1.31. The number of ether oxygens (including phenoxy) is 1. The quantitative estimate of drug-likeness (QED) is 0.762. The Hall–Kier alpha value is -0.550. The number of thiophene rings is 1. The average molecular weight is 375 g/mol. The number of likely N-dealkylation sites (N-methyl/N-ethyl adjacent to an activating group) is 1. The zero-order chi connectivity index (χ0) is 14.5. The Labute approximate surface area is 137 Å². The first-order valence-corrected chi connectivity index (χ1v) is 8.48. The molecule has 1 aromatic carbocycles. The summed E-state index contributed by atoms with van der Waals surface area (Å²) in [6.45, 7) is 3.04. The summed E-state index contributed by atoms with van der Waals surface area (Å²) >= 11 is 11.4. The van der Waals surface area contributed by atoms with Crippen LogP contribution in [0.15, 0.2) is 34.1 Å². The number of methoxy groups -OCH3 is 1. The SMILES string of the molecule is CCNC(Cc1cc(Cl)ccc1OC)c1cc(Br)cs1. The largest absolute Gasteiger partial charge is 0.496 e. The number of hydrogen-bond acceptors (Lipinski definition) is 3. The molecule has 0 radical (unpaired) electrons. The Kier molecular flexibility index (Phi) is 5.90. The van der Waals surface area contributed by atoms with Gasteiger partial charge in [0, 0.05) is 25.8 Å². The normalized spacial score (nSPS) is 12.4. The van der Waals surface area contributed by atoms with Crippen LogP contribution >= 0.6 is 38.9 Å². The highest BCUT2D eigenvalue weighted by molar-refractivity contribution is 9.10. The number of nitrogens with one attached hydrogen (secondary N) is 1. The van der Waals surface area contributed by atoms with E-state index >= 15 is 0 Å². The summed E-state index contributed by atoms with van der Waals surface area (Å²) in [5, 5.41) is 6.37. The fourth-order valence-electron chi connectivity index (χ4n) is 2.16. The molecule has 0 saturated heterocycles. The van der Waals surface area contributed by atoms with Gasteiger partial charge in [-0.2, -0.15) is 0 Å². The van der Waals surface area contributed by atoms with E-state index < -0.39 is 0 Å². The first-order valence-electron chi connectivity index (χ1n) is 6.43. The van der Waals surface area contributed by atoms with Crippen molar-refractivity contribution in [2.24, 2.45) is 0 Å². The van der Waals surface area contributed by atoms with Gasteiger partial charge in [-0.15, -0.1) is 11.3 Å². The van der Waals surface area contributed by atoms with Crippen molar-refractivity contribution < 1.29 is 4.74 Å². The van der Waals surface area contributed by atoms with E-state index in [1.807, 2.05) is 18.2 Å². The zero-order valence-corrected chi connectivity index (χ0v) is 14.6. The topological polar surface area (TPSA) is 21.3 Å². The average Bonchev–Trinajstić information content (AvgIpc) is 2.85. The number of rotatable bonds is 6. The minimum Gasteiger partial charge on any atom is -0.496 e. The van der Waals surface area contributed by atoms with Crippen LogP contribution in [0.5, 0.6) is 5.75 Å². The molecule has 2 aromatic rings. The van der Waals surface area contributed by atoms with Gasteiger partial charge in [0.15, 0.2) is 0 Å². The van der Waals surface area contributed by atoms with E-state index in [1.54, 1.807) is 18.4 Å². The van der Waals surface area contributed by atoms with E-state index in [0.717, 1.165) is 33.8 Å². The van der Waals surface area contributed by atoms with Gasteiger partial charge in [-0.1, -0.05) is 18.5 Å². The van der Waals surface area contributed by atoms with Gasteiger partial charge in [0.05, 0.1) is 7.11 Å². The third-order valence-electron chi connectivity index (χ3n) is 3.05. The molecule has 20 heavy (non-hydrogen) atoms. The van der Waals surface area contributed by atoms with Crippen molar-refractivity contribution in [2.45, 2.75) is 19.4 Å². The monoisotopic (exact) mass is 373 g/mol. The lowest BCUT2D eigenvalue weighted by molar-refractivity contribution is 0.406. The van der Waals surface area contributed by atoms with E-state index in [1.165, 1.54) is 4.88 Å². The van der Waals surface area contributed by atoms with Crippen molar-refractivity contribution in [2.75, 3.05) is 13.7 Å². The Morgan fingerprint density at radius 2 is 2.20 bits per heavy atom. The molecule has 1 aromatic heterocycles. The molecule has 1 N–H and O–H groups in total. The molecule has 1 unspecified atom stereocenters. The van der Waals surface area contributed by atoms with Crippen LogP contribution < -0.4 is 10.1 Å². The molecule has 0 saturated carbocycles. The lowest BCUT2D eigenvalue weighted by Crippen LogP contribution is -2.22. The minimum atomic E-state index is 0.267. The molecule has 0 fully saturated rings. The highest BCUT2D eigenvalue weighted by atomic mass is 79.9. The van der Waals surface area contributed by atoms with E-state index in [4.69, 9.17) is 16.3 Å². The molecule has 108 valence electrons. The van der Waals surface area contributed by atoms with Crippen LogP contribution in [-0.4, -0.2) is 13.7 Å². The lowest BCUT2D eigenvalue weighted by Gasteiger charge is -2.18. The molecule has 1 atom stereocenters. The lowest BCUT2D eigenvalue weighted by atomic mass is 10.0. The van der Waals surface area contributed by atoms with Crippen molar-refractivity contribution in [3.63, 3.8) is 0 Å². The molecule has 2 nitrogen and oxygen atoms in total. The van der Waals surface area contributed by atoms with Gasteiger partial charge >= 0.3 is 0 Å². The maximum atomic E-state index is 6.10. The van der Waals surface area contributed by atoms with Crippen molar-refractivity contribution in [3.05, 3.63) is 49.6 Å². The van der Waals surface area contributed by atoms with Gasteiger partial charge in [-0.25, -0.2) is 0 Å². The van der Waals surface area contributed by atoms with Gasteiger partial charge < -0.3 is 10.1 Å². The van der Waals surface area contributed by atoms with Gasteiger partial charge in [0.2, 0.25) is 0 Å². The molecule has 0 aliphatic carbocycles.